The first-order chi connectivity index (χ1) is 5.91. The Kier molecular flexibility index (Phi) is 10.6. The molecule has 0 heterocycles. The number of hydrogen-bond acceptors (Lipinski definition) is 0. The highest BCUT2D eigenvalue weighted by Gasteiger charge is 1.78. The first-order valence-corrected chi connectivity index (χ1v) is 5.56. The van der Waals surface area contributed by atoms with Crippen LogP contribution in [0.25, 0.3) is 0 Å². The molecule has 0 radical (unpaired) electrons. The van der Waals surface area contributed by atoms with Crippen molar-refractivity contribution in [3.8, 4) is 11.8 Å². The molecular weight excluding hydrogens is 259 g/mol. The molecule has 0 amide bonds. The molecule has 0 atom stereocenters. The summed E-state index contributed by atoms with van der Waals surface area (Å²) in [7, 11) is 0. The van der Waals surface area contributed by atoms with Gasteiger partial charge >= 0.3 is 0 Å². The summed E-state index contributed by atoms with van der Waals surface area (Å²) in [5.74, 6) is 6.10. The van der Waals surface area contributed by atoms with Crippen molar-refractivity contribution in [3.63, 3.8) is 0 Å². The lowest BCUT2D eigenvalue weighted by Crippen LogP contribution is -1.69. The maximum atomic E-state index is 3.11. The zero-order chi connectivity index (χ0) is 9.07. The highest BCUT2D eigenvalue weighted by molar-refractivity contribution is 14.1. The van der Waals surface area contributed by atoms with Crippen molar-refractivity contribution in [3.05, 3.63) is 22.3 Å². The molecule has 0 aromatic carbocycles. The molecule has 0 aliphatic heterocycles. The van der Waals surface area contributed by atoms with E-state index in [4.69, 9.17) is 0 Å². The number of allylic oxidation sites excluding steroid dienone is 3. The quantitative estimate of drug-likeness (QED) is 0.314. The molecule has 0 aliphatic rings. The van der Waals surface area contributed by atoms with Crippen molar-refractivity contribution >= 4 is 22.6 Å². The molecular formula is C11H15I. The molecule has 0 nitrogen and oxygen atoms in total. The molecule has 0 aliphatic carbocycles. The Labute approximate surface area is 89.3 Å². The third-order valence-corrected chi connectivity index (χ3v) is 1.79. The van der Waals surface area contributed by atoms with Gasteiger partial charge in [0.25, 0.3) is 0 Å². The molecule has 0 fully saturated rings. The van der Waals surface area contributed by atoms with Crippen molar-refractivity contribution in [2.75, 3.05) is 0 Å². The summed E-state index contributed by atoms with van der Waals surface area (Å²) in [6.07, 6.45) is 10.7. The van der Waals surface area contributed by atoms with Crippen LogP contribution in [0.3, 0.4) is 0 Å². The van der Waals surface area contributed by atoms with Crippen molar-refractivity contribution in [1.82, 2.24) is 0 Å². The molecule has 1 heteroatoms. The second-order valence-electron chi connectivity index (χ2n) is 2.46. The van der Waals surface area contributed by atoms with Gasteiger partial charge in [-0.05, 0) is 16.6 Å². The summed E-state index contributed by atoms with van der Waals surface area (Å²) < 4.78 is 1.97. The standard InChI is InChI=1S/C11H15I/c1-2-3-4-5-6-7-8-9-10-11-12/h8-11H,2-5H2,1H3/b9-8+,11-10+. The summed E-state index contributed by atoms with van der Waals surface area (Å²) in [4.78, 5) is 0. The first-order valence-electron chi connectivity index (χ1n) is 4.32. The van der Waals surface area contributed by atoms with Gasteiger partial charge in [-0.3, -0.25) is 0 Å². The van der Waals surface area contributed by atoms with Crippen LogP contribution in [0.2, 0.25) is 0 Å². The Morgan fingerprint density at radius 2 is 2.08 bits per heavy atom. The predicted molar refractivity (Wildman–Crippen MR) is 64.2 cm³/mol. The fraction of sp³-hybridized carbons (Fsp3) is 0.455. The van der Waals surface area contributed by atoms with Crippen LogP contribution in [0, 0.1) is 11.8 Å². The lowest BCUT2D eigenvalue weighted by Gasteiger charge is -1.87. The Bertz CT molecular complexity index is 191. The predicted octanol–water partition coefficient (Wildman–Crippen LogP) is 4.08. The van der Waals surface area contributed by atoms with E-state index >= 15 is 0 Å². The topological polar surface area (TPSA) is 0 Å². The summed E-state index contributed by atoms with van der Waals surface area (Å²) in [5.41, 5.74) is 0. The van der Waals surface area contributed by atoms with Crippen LogP contribution < -0.4 is 0 Å². The molecule has 0 aromatic rings. The van der Waals surface area contributed by atoms with E-state index < -0.39 is 0 Å². The Balaban J connectivity index is 3.34. The fourth-order valence-electron chi connectivity index (χ4n) is 0.740. The van der Waals surface area contributed by atoms with Crippen LogP contribution >= 0.6 is 22.6 Å². The third kappa shape index (κ3) is 9.77. The molecule has 0 saturated heterocycles. The van der Waals surface area contributed by atoms with Gasteiger partial charge in [-0.15, -0.1) is 0 Å². The van der Waals surface area contributed by atoms with Crippen LogP contribution in [0.5, 0.6) is 0 Å². The number of halogens is 1. The zero-order valence-electron chi connectivity index (χ0n) is 7.52. The average molecular weight is 274 g/mol. The van der Waals surface area contributed by atoms with Gasteiger partial charge in [-0.25, -0.2) is 0 Å². The van der Waals surface area contributed by atoms with Crippen molar-refractivity contribution in [2.24, 2.45) is 0 Å². The van der Waals surface area contributed by atoms with Gasteiger partial charge in [0.15, 0.2) is 0 Å². The van der Waals surface area contributed by atoms with Gasteiger partial charge in [0.05, 0.1) is 0 Å². The second kappa shape index (κ2) is 10.8. The molecule has 0 saturated carbocycles. The summed E-state index contributed by atoms with van der Waals surface area (Å²) in [6.45, 7) is 2.21. The largest absolute Gasteiger partial charge is 0.0985 e. The fourth-order valence-corrected chi connectivity index (χ4v) is 0.980. The highest BCUT2D eigenvalue weighted by atomic mass is 127. The van der Waals surface area contributed by atoms with E-state index in [0.717, 1.165) is 6.42 Å². The van der Waals surface area contributed by atoms with E-state index in [1.165, 1.54) is 19.3 Å². The average Bonchev–Trinajstić information content (AvgIpc) is 2.10. The molecule has 0 aromatic heterocycles. The van der Waals surface area contributed by atoms with E-state index in [1.807, 2.05) is 22.3 Å². The van der Waals surface area contributed by atoms with Crippen LogP contribution in [-0.4, -0.2) is 0 Å². The molecule has 0 bridgehead atoms. The van der Waals surface area contributed by atoms with Crippen molar-refractivity contribution in [1.29, 1.82) is 0 Å². The minimum atomic E-state index is 1.03. The van der Waals surface area contributed by atoms with Gasteiger partial charge in [-0.2, -0.15) is 0 Å². The van der Waals surface area contributed by atoms with Gasteiger partial charge in [0.2, 0.25) is 0 Å². The smallest absolute Gasteiger partial charge is 0.00922 e. The van der Waals surface area contributed by atoms with Gasteiger partial charge in [-0.1, -0.05) is 66.3 Å². The van der Waals surface area contributed by atoms with Crippen LogP contribution in [0.4, 0.5) is 0 Å². The molecule has 12 heavy (non-hydrogen) atoms. The SMILES string of the molecule is CCCCCC#C/C=C/C=C/I. The monoisotopic (exact) mass is 274 g/mol. The van der Waals surface area contributed by atoms with Crippen LogP contribution in [-0.2, 0) is 0 Å². The van der Waals surface area contributed by atoms with E-state index in [-0.39, 0.29) is 0 Å². The normalized spacial score (nSPS) is 10.5. The highest BCUT2D eigenvalue weighted by Crippen LogP contribution is 1.96. The van der Waals surface area contributed by atoms with Gasteiger partial charge in [0, 0.05) is 6.42 Å². The summed E-state index contributed by atoms with van der Waals surface area (Å²) in [6, 6.07) is 0. The number of unbranched alkanes of at least 4 members (excludes halogenated alkanes) is 3. The molecule has 0 unspecified atom stereocenters. The zero-order valence-corrected chi connectivity index (χ0v) is 9.67. The molecule has 66 valence electrons. The summed E-state index contributed by atoms with van der Waals surface area (Å²) in [5, 5.41) is 0. The third-order valence-electron chi connectivity index (χ3n) is 1.37. The summed E-state index contributed by atoms with van der Waals surface area (Å²) >= 11 is 2.19. The maximum absolute atomic E-state index is 3.11. The Hall–Kier alpha value is -0.230. The minimum Gasteiger partial charge on any atom is -0.0985 e. The molecule has 0 rings (SSSR count). The molecule has 0 N–H and O–H groups in total. The second-order valence-corrected chi connectivity index (χ2v) is 3.17. The lowest BCUT2D eigenvalue weighted by atomic mass is 10.2. The van der Waals surface area contributed by atoms with Gasteiger partial charge < -0.3 is 0 Å². The van der Waals surface area contributed by atoms with Gasteiger partial charge in [0.1, 0.15) is 0 Å². The van der Waals surface area contributed by atoms with E-state index in [9.17, 15) is 0 Å². The van der Waals surface area contributed by atoms with E-state index in [0.29, 0.717) is 0 Å². The number of hydrogen-bond donors (Lipinski definition) is 0. The first kappa shape index (κ1) is 11.8. The van der Waals surface area contributed by atoms with Crippen LogP contribution in [0.15, 0.2) is 22.3 Å². The van der Waals surface area contributed by atoms with Crippen molar-refractivity contribution in [2.45, 2.75) is 32.6 Å². The number of rotatable bonds is 4. The maximum Gasteiger partial charge on any atom is 0.00922 e. The van der Waals surface area contributed by atoms with Crippen LogP contribution in [0.1, 0.15) is 32.6 Å². The van der Waals surface area contributed by atoms with E-state index in [1.54, 1.807) is 0 Å². The minimum absolute atomic E-state index is 1.03. The Morgan fingerprint density at radius 3 is 2.75 bits per heavy atom. The lowest BCUT2D eigenvalue weighted by molar-refractivity contribution is 0.737. The Morgan fingerprint density at radius 1 is 1.25 bits per heavy atom. The van der Waals surface area contributed by atoms with E-state index in [2.05, 4.69) is 41.4 Å². The molecule has 0 spiro atoms. The van der Waals surface area contributed by atoms with Crippen molar-refractivity contribution < 1.29 is 0 Å².